The van der Waals surface area contributed by atoms with Gasteiger partial charge in [0.15, 0.2) is 0 Å². The standard InChI is InChI=1S/C21H27N3O2/c1-15(2)24(3)13-17-9-5-4-8-16(17)12-22-21(25)23-19-14-26-20-11-7-6-10-18(19)20/h4-11,15,19H,12-14H2,1-3H3,(H2,22,23,25)/t19-/m1/s1. The molecule has 2 amide bonds. The maximum absolute atomic E-state index is 12.3. The number of hydrogen-bond acceptors (Lipinski definition) is 3. The van der Waals surface area contributed by atoms with Crippen molar-refractivity contribution >= 4 is 6.03 Å². The summed E-state index contributed by atoms with van der Waals surface area (Å²) >= 11 is 0. The molecule has 5 heteroatoms. The molecular formula is C21H27N3O2. The molecule has 1 aliphatic heterocycles. The molecule has 0 bridgehead atoms. The van der Waals surface area contributed by atoms with E-state index in [1.807, 2.05) is 36.4 Å². The van der Waals surface area contributed by atoms with E-state index in [1.165, 1.54) is 5.56 Å². The highest BCUT2D eigenvalue weighted by Gasteiger charge is 2.24. The molecule has 1 heterocycles. The third kappa shape index (κ3) is 4.35. The molecule has 0 fully saturated rings. The molecule has 0 saturated carbocycles. The van der Waals surface area contributed by atoms with Gasteiger partial charge in [-0.2, -0.15) is 0 Å². The molecule has 5 nitrogen and oxygen atoms in total. The SMILES string of the molecule is CC(C)N(C)Cc1ccccc1CNC(=O)N[C@@H]1COc2ccccc21. The summed E-state index contributed by atoms with van der Waals surface area (Å²) < 4.78 is 5.61. The fourth-order valence-electron chi connectivity index (χ4n) is 3.00. The minimum Gasteiger partial charge on any atom is -0.491 e. The molecule has 3 rings (SSSR count). The van der Waals surface area contributed by atoms with Gasteiger partial charge in [0, 0.05) is 24.7 Å². The van der Waals surface area contributed by atoms with Crippen LogP contribution in [0.2, 0.25) is 0 Å². The van der Waals surface area contributed by atoms with E-state index in [4.69, 9.17) is 4.74 Å². The first-order valence-electron chi connectivity index (χ1n) is 9.07. The molecule has 0 aliphatic carbocycles. The Morgan fingerprint density at radius 2 is 1.85 bits per heavy atom. The first-order valence-corrected chi connectivity index (χ1v) is 9.07. The predicted octanol–water partition coefficient (Wildman–Crippen LogP) is 3.46. The monoisotopic (exact) mass is 353 g/mol. The van der Waals surface area contributed by atoms with E-state index in [2.05, 4.69) is 48.6 Å². The molecule has 2 aromatic rings. The number of para-hydroxylation sites is 1. The molecule has 2 aromatic carbocycles. The van der Waals surface area contributed by atoms with Crippen LogP contribution in [0.15, 0.2) is 48.5 Å². The van der Waals surface area contributed by atoms with Crippen molar-refractivity contribution in [3.05, 3.63) is 65.2 Å². The number of fused-ring (bicyclic) bond motifs is 1. The third-order valence-electron chi connectivity index (χ3n) is 4.86. The highest BCUT2D eigenvalue weighted by molar-refractivity contribution is 5.74. The number of benzene rings is 2. The fourth-order valence-corrected chi connectivity index (χ4v) is 3.00. The normalized spacial score (nSPS) is 15.7. The zero-order valence-electron chi connectivity index (χ0n) is 15.7. The van der Waals surface area contributed by atoms with Crippen molar-refractivity contribution in [1.82, 2.24) is 15.5 Å². The quantitative estimate of drug-likeness (QED) is 0.836. The molecule has 2 N–H and O–H groups in total. The van der Waals surface area contributed by atoms with Gasteiger partial charge in [0.1, 0.15) is 12.4 Å². The summed E-state index contributed by atoms with van der Waals surface area (Å²) in [6.45, 7) is 6.19. The number of carbonyl (C=O) groups is 1. The van der Waals surface area contributed by atoms with Crippen LogP contribution >= 0.6 is 0 Å². The summed E-state index contributed by atoms with van der Waals surface area (Å²) in [5.74, 6) is 0.847. The summed E-state index contributed by atoms with van der Waals surface area (Å²) in [5.41, 5.74) is 3.40. The van der Waals surface area contributed by atoms with Crippen molar-refractivity contribution < 1.29 is 9.53 Å². The van der Waals surface area contributed by atoms with Gasteiger partial charge in [-0.15, -0.1) is 0 Å². The zero-order chi connectivity index (χ0) is 18.5. The topological polar surface area (TPSA) is 53.6 Å². The third-order valence-corrected chi connectivity index (χ3v) is 4.86. The van der Waals surface area contributed by atoms with Gasteiger partial charge in [-0.05, 0) is 38.1 Å². The van der Waals surface area contributed by atoms with Gasteiger partial charge in [0.2, 0.25) is 0 Å². The van der Waals surface area contributed by atoms with Crippen LogP contribution < -0.4 is 15.4 Å². The van der Waals surface area contributed by atoms with E-state index in [0.717, 1.165) is 23.4 Å². The van der Waals surface area contributed by atoms with Crippen LogP contribution in [0.25, 0.3) is 0 Å². The molecule has 1 aliphatic rings. The van der Waals surface area contributed by atoms with Crippen LogP contribution in [0.3, 0.4) is 0 Å². The number of amides is 2. The second-order valence-corrected chi connectivity index (χ2v) is 7.01. The Hall–Kier alpha value is -2.53. The zero-order valence-corrected chi connectivity index (χ0v) is 15.7. The number of nitrogens with one attached hydrogen (secondary N) is 2. The van der Waals surface area contributed by atoms with E-state index in [0.29, 0.717) is 19.2 Å². The van der Waals surface area contributed by atoms with Crippen molar-refractivity contribution in [1.29, 1.82) is 0 Å². The summed E-state index contributed by atoms with van der Waals surface area (Å²) in [6.07, 6.45) is 0. The fraction of sp³-hybridized carbons (Fsp3) is 0.381. The lowest BCUT2D eigenvalue weighted by Crippen LogP contribution is -2.38. The predicted molar refractivity (Wildman–Crippen MR) is 103 cm³/mol. The molecule has 26 heavy (non-hydrogen) atoms. The number of urea groups is 1. The van der Waals surface area contributed by atoms with Crippen LogP contribution in [-0.2, 0) is 13.1 Å². The largest absolute Gasteiger partial charge is 0.491 e. The van der Waals surface area contributed by atoms with Gasteiger partial charge in [0.05, 0.1) is 6.04 Å². The highest BCUT2D eigenvalue weighted by atomic mass is 16.5. The molecule has 138 valence electrons. The molecule has 0 radical (unpaired) electrons. The van der Waals surface area contributed by atoms with E-state index in [1.54, 1.807) is 0 Å². The first-order chi connectivity index (χ1) is 12.5. The van der Waals surface area contributed by atoms with Crippen LogP contribution in [0, 0.1) is 0 Å². The number of hydrogen-bond donors (Lipinski definition) is 2. The van der Waals surface area contributed by atoms with E-state index < -0.39 is 0 Å². The van der Waals surface area contributed by atoms with Gasteiger partial charge in [-0.1, -0.05) is 42.5 Å². The average molecular weight is 353 g/mol. The van der Waals surface area contributed by atoms with Crippen LogP contribution in [0.4, 0.5) is 4.79 Å². The maximum Gasteiger partial charge on any atom is 0.315 e. The van der Waals surface area contributed by atoms with E-state index in [9.17, 15) is 4.79 Å². The first kappa shape index (κ1) is 18.3. The minimum absolute atomic E-state index is 0.103. The number of rotatable bonds is 6. The molecule has 0 spiro atoms. The van der Waals surface area contributed by atoms with Gasteiger partial charge in [-0.25, -0.2) is 4.79 Å². The van der Waals surface area contributed by atoms with Crippen LogP contribution in [-0.4, -0.2) is 30.6 Å². The summed E-state index contributed by atoms with van der Waals surface area (Å²) in [6, 6.07) is 16.2. The van der Waals surface area contributed by atoms with Crippen molar-refractivity contribution in [3.63, 3.8) is 0 Å². The summed E-state index contributed by atoms with van der Waals surface area (Å²) in [7, 11) is 2.11. The number of ether oxygens (including phenoxy) is 1. The van der Waals surface area contributed by atoms with Crippen LogP contribution in [0.1, 0.15) is 36.6 Å². The molecule has 0 unspecified atom stereocenters. The van der Waals surface area contributed by atoms with E-state index >= 15 is 0 Å². The van der Waals surface area contributed by atoms with Crippen molar-refractivity contribution in [2.24, 2.45) is 0 Å². The summed E-state index contributed by atoms with van der Waals surface area (Å²) in [5, 5.41) is 5.97. The number of carbonyl (C=O) groups excluding carboxylic acids is 1. The highest BCUT2D eigenvalue weighted by Crippen LogP contribution is 2.31. The minimum atomic E-state index is -0.178. The van der Waals surface area contributed by atoms with Crippen LogP contribution in [0.5, 0.6) is 5.75 Å². The Bertz CT molecular complexity index is 760. The molecular weight excluding hydrogens is 326 g/mol. The lowest BCUT2D eigenvalue weighted by molar-refractivity contribution is 0.231. The van der Waals surface area contributed by atoms with Gasteiger partial charge in [0.25, 0.3) is 0 Å². The average Bonchev–Trinajstić information content (AvgIpc) is 3.04. The summed E-state index contributed by atoms with van der Waals surface area (Å²) in [4.78, 5) is 14.6. The molecule has 1 atom stereocenters. The molecule has 0 aromatic heterocycles. The van der Waals surface area contributed by atoms with E-state index in [-0.39, 0.29) is 12.1 Å². The second kappa shape index (κ2) is 8.23. The second-order valence-electron chi connectivity index (χ2n) is 7.01. The Kier molecular flexibility index (Phi) is 5.78. The van der Waals surface area contributed by atoms with Gasteiger partial charge >= 0.3 is 6.03 Å². The van der Waals surface area contributed by atoms with Crippen molar-refractivity contribution in [2.75, 3.05) is 13.7 Å². The van der Waals surface area contributed by atoms with Gasteiger partial charge < -0.3 is 15.4 Å². The number of nitrogens with zero attached hydrogens (tertiary/aromatic N) is 1. The smallest absolute Gasteiger partial charge is 0.315 e. The Morgan fingerprint density at radius 1 is 1.15 bits per heavy atom. The lowest BCUT2D eigenvalue weighted by Gasteiger charge is -2.22. The Balaban J connectivity index is 1.57. The molecule has 0 saturated heterocycles. The lowest BCUT2D eigenvalue weighted by atomic mass is 10.1. The Morgan fingerprint density at radius 3 is 2.62 bits per heavy atom. The Labute approximate surface area is 155 Å². The van der Waals surface area contributed by atoms with Crippen molar-refractivity contribution in [3.8, 4) is 5.75 Å². The van der Waals surface area contributed by atoms with Gasteiger partial charge in [-0.3, -0.25) is 4.90 Å². The van der Waals surface area contributed by atoms with Crippen molar-refractivity contribution in [2.45, 2.75) is 39.0 Å². The maximum atomic E-state index is 12.3.